The van der Waals surface area contributed by atoms with Gasteiger partial charge in [0, 0.05) is 11.6 Å². The van der Waals surface area contributed by atoms with Gasteiger partial charge in [0.25, 0.3) is 0 Å². The topological polar surface area (TPSA) is 52.3 Å². The highest BCUT2D eigenvalue weighted by Crippen LogP contribution is 2.26. The van der Waals surface area contributed by atoms with Gasteiger partial charge in [-0.15, -0.1) is 0 Å². The fourth-order valence-corrected chi connectivity index (χ4v) is 1.05. The molecule has 13 heavy (non-hydrogen) atoms. The number of hydrogen-bond acceptors (Lipinski definition) is 3. The largest absolute Gasteiger partial charge is 0.494 e. The number of nitrogen functional groups attached to an aromatic ring is 1. The van der Waals surface area contributed by atoms with Gasteiger partial charge in [0.05, 0.1) is 12.8 Å². The molecule has 0 aromatic heterocycles. The van der Waals surface area contributed by atoms with Crippen LogP contribution in [0.2, 0.25) is 0 Å². The molecule has 0 saturated carbocycles. The minimum Gasteiger partial charge on any atom is -0.494 e. The SMILES string of the molecule is COc1cc(F)cc(C(C)=O)c1N. The maximum atomic E-state index is 12.9. The number of anilines is 1. The predicted octanol–water partition coefficient (Wildman–Crippen LogP) is 1.62. The molecule has 0 spiro atoms. The summed E-state index contributed by atoms with van der Waals surface area (Å²) in [5.74, 6) is -0.628. The van der Waals surface area contributed by atoms with Crippen LogP contribution in [0.15, 0.2) is 12.1 Å². The van der Waals surface area contributed by atoms with Crippen LogP contribution in [0.1, 0.15) is 17.3 Å². The van der Waals surface area contributed by atoms with Gasteiger partial charge >= 0.3 is 0 Å². The molecule has 0 aliphatic rings. The molecule has 0 aliphatic carbocycles. The Kier molecular flexibility index (Phi) is 2.51. The minimum absolute atomic E-state index is 0.150. The van der Waals surface area contributed by atoms with Gasteiger partial charge in [-0.1, -0.05) is 0 Å². The Morgan fingerprint density at radius 2 is 2.15 bits per heavy atom. The van der Waals surface area contributed by atoms with Gasteiger partial charge in [0.1, 0.15) is 11.6 Å². The molecule has 0 unspecified atom stereocenters. The summed E-state index contributed by atoms with van der Waals surface area (Å²) in [4.78, 5) is 11.0. The van der Waals surface area contributed by atoms with E-state index in [1.807, 2.05) is 0 Å². The number of ether oxygens (including phenoxy) is 1. The van der Waals surface area contributed by atoms with E-state index in [4.69, 9.17) is 10.5 Å². The van der Waals surface area contributed by atoms with Gasteiger partial charge in [-0.25, -0.2) is 4.39 Å². The molecule has 1 aromatic carbocycles. The van der Waals surface area contributed by atoms with Crippen molar-refractivity contribution in [3.63, 3.8) is 0 Å². The summed E-state index contributed by atoms with van der Waals surface area (Å²) < 4.78 is 17.7. The molecule has 0 fully saturated rings. The molecule has 0 radical (unpaired) electrons. The summed E-state index contributed by atoms with van der Waals surface area (Å²) in [5.41, 5.74) is 5.88. The van der Waals surface area contributed by atoms with Crippen molar-refractivity contribution < 1.29 is 13.9 Å². The van der Waals surface area contributed by atoms with Crippen LogP contribution < -0.4 is 10.5 Å². The van der Waals surface area contributed by atoms with Gasteiger partial charge in [-0.05, 0) is 13.0 Å². The average molecular weight is 183 g/mol. The van der Waals surface area contributed by atoms with Crippen LogP contribution in [0, 0.1) is 5.82 Å². The van der Waals surface area contributed by atoms with Crippen LogP contribution in [-0.4, -0.2) is 12.9 Å². The third-order valence-corrected chi connectivity index (χ3v) is 1.71. The van der Waals surface area contributed by atoms with E-state index in [0.717, 1.165) is 12.1 Å². The third-order valence-electron chi connectivity index (χ3n) is 1.71. The molecule has 4 heteroatoms. The lowest BCUT2D eigenvalue weighted by Gasteiger charge is -2.07. The number of Topliss-reactive ketones (excluding diaryl/α,β-unsaturated/α-hetero) is 1. The van der Waals surface area contributed by atoms with E-state index in [9.17, 15) is 9.18 Å². The molecule has 0 saturated heterocycles. The number of halogens is 1. The Labute approximate surface area is 75.3 Å². The van der Waals surface area contributed by atoms with E-state index in [1.165, 1.54) is 14.0 Å². The maximum Gasteiger partial charge on any atom is 0.162 e. The fraction of sp³-hybridized carbons (Fsp3) is 0.222. The second kappa shape index (κ2) is 3.43. The van der Waals surface area contributed by atoms with Gasteiger partial charge in [0.15, 0.2) is 5.78 Å². The summed E-state index contributed by atoms with van der Waals surface area (Å²) in [5, 5.41) is 0. The second-order valence-corrected chi connectivity index (χ2v) is 2.63. The number of methoxy groups -OCH3 is 1. The lowest BCUT2D eigenvalue weighted by molar-refractivity contribution is 0.101. The Morgan fingerprint density at radius 3 is 2.62 bits per heavy atom. The summed E-state index contributed by atoms with van der Waals surface area (Å²) in [6, 6.07) is 2.24. The first-order valence-electron chi connectivity index (χ1n) is 3.70. The van der Waals surface area contributed by atoms with Crippen LogP contribution in [0.4, 0.5) is 10.1 Å². The number of carbonyl (C=O) groups excluding carboxylic acids is 1. The highest BCUT2D eigenvalue weighted by atomic mass is 19.1. The molecule has 2 N–H and O–H groups in total. The molecule has 0 amide bonds. The van der Waals surface area contributed by atoms with Crippen molar-refractivity contribution >= 4 is 11.5 Å². The third kappa shape index (κ3) is 1.77. The van der Waals surface area contributed by atoms with Crippen molar-refractivity contribution in [1.82, 2.24) is 0 Å². The van der Waals surface area contributed by atoms with Gasteiger partial charge in [-0.3, -0.25) is 4.79 Å². The van der Waals surface area contributed by atoms with Crippen LogP contribution in [0.5, 0.6) is 5.75 Å². The lowest BCUT2D eigenvalue weighted by Crippen LogP contribution is -2.03. The summed E-state index contributed by atoms with van der Waals surface area (Å²) >= 11 is 0. The van der Waals surface area contributed by atoms with E-state index in [2.05, 4.69) is 0 Å². The van der Waals surface area contributed by atoms with Crippen molar-refractivity contribution in [3.05, 3.63) is 23.5 Å². The van der Waals surface area contributed by atoms with Crippen LogP contribution in [-0.2, 0) is 0 Å². The van der Waals surface area contributed by atoms with Crippen LogP contribution >= 0.6 is 0 Å². The number of hydrogen-bond donors (Lipinski definition) is 1. The van der Waals surface area contributed by atoms with Crippen LogP contribution in [0.25, 0.3) is 0 Å². The van der Waals surface area contributed by atoms with Crippen LogP contribution in [0.3, 0.4) is 0 Å². The number of rotatable bonds is 2. The van der Waals surface area contributed by atoms with Gasteiger partial charge < -0.3 is 10.5 Å². The highest BCUT2D eigenvalue weighted by molar-refractivity contribution is 6.00. The summed E-state index contributed by atoms with van der Waals surface area (Å²) in [6.07, 6.45) is 0. The van der Waals surface area contributed by atoms with Crippen molar-refractivity contribution in [3.8, 4) is 5.75 Å². The van der Waals surface area contributed by atoms with E-state index >= 15 is 0 Å². The number of carbonyl (C=O) groups is 1. The maximum absolute atomic E-state index is 12.9. The number of benzene rings is 1. The first-order chi connectivity index (χ1) is 6.06. The fourth-order valence-electron chi connectivity index (χ4n) is 1.05. The average Bonchev–Trinajstić information content (AvgIpc) is 2.08. The zero-order chi connectivity index (χ0) is 10.0. The molecule has 0 aliphatic heterocycles. The molecular formula is C9H10FNO2. The smallest absolute Gasteiger partial charge is 0.162 e. The molecule has 0 heterocycles. The van der Waals surface area contributed by atoms with E-state index in [1.54, 1.807) is 0 Å². The minimum atomic E-state index is -0.531. The number of nitrogens with two attached hydrogens (primary N) is 1. The monoisotopic (exact) mass is 183 g/mol. The second-order valence-electron chi connectivity index (χ2n) is 2.63. The Bertz CT molecular complexity index is 350. The first kappa shape index (κ1) is 9.51. The molecule has 3 nitrogen and oxygen atoms in total. The quantitative estimate of drug-likeness (QED) is 0.560. The van der Waals surface area contributed by atoms with E-state index in [0.29, 0.717) is 0 Å². The Hall–Kier alpha value is -1.58. The van der Waals surface area contributed by atoms with Gasteiger partial charge in [0.2, 0.25) is 0 Å². The standard InChI is InChI=1S/C9H10FNO2/c1-5(12)7-3-6(10)4-8(13-2)9(7)11/h3-4H,11H2,1-2H3. The van der Waals surface area contributed by atoms with Crippen molar-refractivity contribution in [1.29, 1.82) is 0 Å². The lowest BCUT2D eigenvalue weighted by atomic mass is 10.1. The summed E-state index contributed by atoms with van der Waals surface area (Å²) in [6.45, 7) is 1.32. The van der Waals surface area contributed by atoms with Crippen molar-refractivity contribution in [2.75, 3.05) is 12.8 Å². The highest BCUT2D eigenvalue weighted by Gasteiger charge is 2.11. The molecule has 0 atom stereocenters. The molecule has 1 aromatic rings. The van der Waals surface area contributed by atoms with Crippen molar-refractivity contribution in [2.45, 2.75) is 6.92 Å². The Balaban J connectivity index is 3.35. The van der Waals surface area contributed by atoms with E-state index < -0.39 is 5.82 Å². The Morgan fingerprint density at radius 1 is 1.54 bits per heavy atom. The zero-order valence-electron chi connectivity index (χ0n) is 7.43. The zero-order valence-corrected chi connectivity index (χ0v) is 7.43. The molecule has 1 rings (SSSR count). The number of ketones is 1. The molecule has 0 bridgehead atoms. The van der Waals surface area contributed by atoms with E-state index in [-0.39, 0.29) is 22.8 Å². The first-order valence-corrected chi connectivity index (χ1v) is 3.70. The molecule has 70 valence electrons. The predicted molar refractivity (Wildman–Crippen MR) is 47.4 cm³/mol. The van der Waals surface area contributed by atoms with Crippen molar-refractivity contribution in [2.24, 2.45) is 0 Å². The van der Waals surface area contributed by atoms with Gasteiger partial charge in [-0.2, -0.15) is 0 Å². The summed E-state index contributed by atoms with van der Waals surface area (Å²) in [7, 11) is 1.37. The normalized spacial score (nSPS) is 9.77. The molecular weight excluding hydrogens is 173 g/mol.